The van der Waals surface area contributed by atoms with Gasteiger partial charge in [0, 0.05) is 6.20 Å². The number of carbonyl (C=O) groups is 2. The number of amides is 1. The molecule has 0 fully saturated rings. The standard InChI is InChI=1S/C18H15FN4O2/c1-11-16(12(2)23(22-11)13-6-4-3-5-7-13)17(24)18(25)21-15-8-9-20-10-14(15)19/h3-10H,1-2H3,(H,20,21,25). The van der Waals surface area contributed by atoms with Crippen LogP contribution in [-0.2, 0) is 4.79 Å². The molecule has 0 unspecified atom stereocenters. The van der Waals surface area contributed by atoms with Crippen molar-refractivity contribution >= 4 is 17.4 Å². The molecular weight excluding hydrogens is 323 g/mol. The number of para-hydroxylation sites is 1. The van der Waals surface area contributed by atoms with E-state index in [1.807, 2.05) is 30.3 Å². The number of anilines is 1. The van der Waals surface area contributed by atoms with Crippen LogP contribution >= 0.6 is 0 Å². The smallest absolute Gasteiger partial charge is 0.296 e. The minimum Gasteiger partial charge on any atom is -0.316 e. The van der Waals surface area contributed by atoms with Crippen molar-refractivity contribution in [2.75, 3.05) is 5.32 Å². The van der Waals surface area contributed by atoms with Gasteiger partial charge in [-0.05, 0) is 32.0 Å². The number of pyridine rings is 1. The molecule has 126 valence electrons. The van der Waals surface area contributed by atoms with Crippen molar-refractivity contribution in [3.05, 3.63) is 71.6 Å². The van der Waals surface area contributed by atoms with Gasteiger partial charge in [0.1, 0.15) is 0 Å². The van der Waals surface area contributed by atoms with E-state index in [2.05, 4.69) is 15.4 Å². The zero-order chi connectivity index (χ0) is 18.0. The number of nitrogens with zero attached hydrogens (tertiary/aromatic N) is 3. The lowest BCUT2D eigenvalue weighted by Gasteiger charge is -2.06. The van der Waals surface area contributed by atoms with Crippen LogP contribution < -0.4 is 5.32 Å². The number of carbonyl (C=O) groups excluding carboxylic acids is 2. The van der Waals surface area contributed by atoms with Crippen molar-refractivity contribution in [1.29, 1.82) is 0 Å². The highest BCUT2D eigenvalue weighted by Crippen LogP contribution is 2.19. The number of aryl methyl sites for hydroxylation is 1. The molecule has 1 aromatic carbocycles. The van der Waals surface area contributed by atoms with Crippen LogP contribution in [0.25, 0.3) is 5.69 Å². The molecule has 0 aliphatic heterocycles. The number of ketones is 1. The maximum atomic E-state index is 13.6. The number of hydrogen-bond acceptors (Lipinski definition) is 4. The van der Waals surface area contributed by atoms with Gasteiger partial charge in [-0.2, -0.15) is 5.10 Å². The summed E-state index contributed by atoms with van der Waals surface area (Å²) >= 11 is 0. The first kappa shape index (κ1) is 16.5. The normalized spacial score (nSPS) is 10.5. The van der Waals surface area contributed by atoms with E-state index in [0.717, 1.165) is 11.9 Å². The molecule has 0 aliphatic rings. The minimum absolute atomic E-state index is 0.0980. The Balaban J connectivity index is 1.91. The second-order valence-electron chi connectivity index (χ2n) is 5.43. The Morgan fingerprint density at radius 2 is 1.84 bits per heavy atom. The molecule has 0 radical (unpaired) electrons. The Labute approximate surface area is 143 Å². The van der Waals surface area contributed by atoms with Crippen molar-refractivity contribution in [1.82, 2.24) is 14.8 Å². The maximum Gasteiger partial charge on any atom is 0.296 e. The van der Waals surface area contributed by atoms with E-state index >= 15 is 0 Å². The van der Waals surface area contributed by atoms with Gasteiger partial charge < -0.3 is 5.32 Å². The minimum atomic E-state index is -0.927. The number of rotatable bonds is 4. The lowest BCUT2D eigenvalue weighted by atomic mass is 10.1. The van der Waals surface area contributed by atoms with Crippen LogP contribution in [0.15, 0.2) is 48.8 Å². The highest BCUT2D eigenvalue weighted by Gasteiger charge is 2.25. The predicted molar refractivity (Wildman–Crippen MR) is 90.2 cm³/mol. The van der Waals surface area contributed by atoms with Crippen LogP contribution in [0.1, 0.15) is 21.7 Å². The molecule has 3 rings (SSSR count). The Kier molecular flexibility index (Phi) is 4.38. The van der Waals surface area contributed by atoms with Crippen molar-refractivity contribution < 1.29 is 14.0 Å². The molecule has 1 amide bonds. The topological polar surface area (TPSA) is 76.9 Å². The summed E-state index contributed by atoms with van der Waals surface area (Å²) in [7, 11) is 0. The molecule has 25 heavy (non-hydrogen) atoms. The zero-order valence-electron chi connectivity index (χ0n) is 13.7. The molecular formula is C18H15FN4O2. The zero-order valence-corrected chi connectivity index (χ0v) is 13.7. The molecule has 6 nitrogen and oxygen atoms in total. The van der Waals surface area contributed by atoms with Crippen molar-refractivity contribution in [2.45, 2.75) is 13.8 Å². The summed E-state index contributed by atoms with van der Waals surface area (Å²) in [5.74, 6) is -2.41. The summed E-state index contributed by atoms with van der Waals surface area (Å²) in [5.41, 5.74) is 1.86. The van der Waals surface area contributed by atoms with E-state index in [9.17, 15) is 14.0 Å². The molecule has 0 saturated heterocycles. The van der Waals surface area contributed by atoms with Crippen LogP contribution in [0.3, 0.4) is 0 Å². The lowest BCUT2D eigenvalue weighted by Crippen LogP contribution is -2.24. The maximum absolute atomic E-state index is 13.6. The highest BCUT2D eigenvalue weighted by atomic mass is 19.1. The van der Waals surface area contributed by atoms with Gasteiger partial charge in [-0.15, -0.1) is 0 Å². The second-order valence-corrected chi connectivity index (χ2v) is 5.43. The first-order chi connectivity index (χ1) is 12.0. The number of benzene rings is 1. The van der Waals surface area contributed by atoms with Crippen molar-refractivity contribution in [3.63, 3.8) is 0 Å². The third-order valence-corrected chi connectivity index (χ3v) is 3.75. The van der Waals surface area contributed by atoms with E-state index < -0.39 is 17.5 Å². The van der Waals surface area contributed by atoms with E-state index in [-0.39, 0.29) is 11.3 Å². The van der Waals surface area contributed by atoms with E-state index in [1.54, 1.807) is 18.5 Å². The summed E-state index contributed by atoms with van der Waals surface area (Å²) in [6, 6.07) is 10.6. The number of hydrogen-bond donors (Lipinski definition) is 1. The third-order valence-electron chi connectivity index (χ3n) is 3.75. The van der Waals surface area contributed by atoms with Gasteiger partial charge in [0.2, 0.25) is 0 Å². The lowest BCUT2D eigenvalue weighted by molar-refractivity contribution is -0.112. The molecule has 3 aromatic rings. The number of aromatic nitrogens is 3. The van der Waals surface area contributed by atoms with Gasteiger partial charge in [0.05, 0.1) is 34.5 Å². The third kappa shape index (κ3) is 3.16. The number of halogens is 1. The van der Waals surface area contributed by atoms with Gasteiger partial charge in [0.15, 0.2) is 5.82 Å². The first-order valence-corrected chi connectivity index (χ1v) is 7.56. The largest absolute Gasteiger partial charge is 0.316 e. The molecule has 0 spiro atoms. The summed E-state index contributed by atoms with van der Waals surface area (Å²) in [6.45, 7) is 3.36. The highest BCUT2D eigenvalue weighted by molar-refractivity contribution is 6.47. The Hall–Kier alpha value is -3.35. The summed E-state index contributed by atoms with van der Waals surface area (Å²) in [5, 5.41) is 6.61. The fourth-order valence-corrected chi connectivity index (χ4v) is 2.56. The molecule has 0 saturated carbocycles. The van der Waals surface area contributed by atoms with Crippen LogP contribution in [0.2, 0.25) is 0 Å². The number of Topliss-reactive ketones (excluding diaryl/α,β-unsaturated/α-hetero) is 1. The van der Waals surface area contributed by atoms with E-state index in [0.29, 0.717) is 11.4 Å². The van der Waals surface area contributed by atoms with Gasteiger partial charge in [-0.1, -0.05) is 18.2 Å². The van der Waals surface area contributed by atoms with Gasteiger partial charge >= 0.3 is 0 Å². The van der Waals surface area contributed by atoms with Crippen LogP contribution in [0.4, 0.5) is 10.1 Å². The molecule has 7 heteroatoms. The summed E-state index contributed by atoms with van der Waals surface area (Å²) < 4.78 is 15.2. The Morgan fingerprint density at radius 1 is 1.12 bits per heavy atom. The van der Waals surface area contributed by atoms with Crippen LogP contribution in [0, 0.1) is 19.7 Å². The van der Waals surface area contributed by atoms with Gasteiger partial charge in [-0.25, -0.2) is 9.07 Å². The quantitative estimate of drug-likeness (QED) is 0.586. The molecule has 0 bridgehead atoms. The number of nitrogens with one attached hydrogen (secondary N) is 1. The molecule has 2 heterocycles. The molecule has 0 atom stereocenters. The average Bonchev–Trinajstić information content (AvgIpc) is 2.91. The van der Waals surface area contributed by atoms with Crippen molar-refractivity contribution in [2.24, 2.45) is 0 Å². The van der Waals surface area contributed by atoms with E-state index in [4.69, 9.17) is 0 Å². The van der Waals surface area contributed by atoms with Gasteiger partial charge in [-0.3, -0.25) is 14.6 Å². The molecule has 2 aromatic heterocycles. The Bertz CT molecular complexity index is 951. The SMILES string of the molecule is Cc1nn(-c2ccccc2)c(C)c1C(=O)C(=O)Nc1ccncc1F. The summed E-state index contributed by atoms with van der Waals surface area (Å²) in [6.07, 6.45) is 2.29. The van der Waals surface area contributed by atoms with Gasteiger partial charge in [0.25, 0.3) is 11.7 Å². The van der Waals surface area contributed by atoms with E-state index in [1.165, 1.54) is 12.3 Å². The van der Waals surface area contributed by atoms with Crippen molar-refractivity contribution in [3.8, 4) is 5.69 Å². The predicted octanol–water partition coefficient (Wildman–Crippen LogP) is 2.84. The van der Waals surface area contributed by atoms with Crippen LogP contribution in [-0.4, -0.2) is 26.5 Å². The fourth-order valence-electron chi connectivity index (χ4n) is 2.56. The first-order valence-electron chi connectivity index (χ1n) is 7.56. The second kappa shape index (κ2) is 6.64. The molecule has 0 aliphatic carbocycles. The summed E-state index contributed by atoms with van der Waals surface area (Å²) in [4.78, 5) is 28.4. The Morgan fingerprint density at radius 3 is 2.52 bits per heavy atom. The fraction of sp³-hybridized carbons (Fsp3) is 0.111. The van der Waals surface area contributed by atoms with Crippen LogP contribution in [0.5, 0.6) is 0 Å². The molecule has 1 N–H and O–H groups in total. The monoisotopic (exact) mass is 338 g/mol. The average molecular weight is 338 g/mol.